The fraction of sp³-hybridized carbons (Fsp3) is 0.211. The van der Waals surface area contributed by atoms with Crippen molar-refractivity contribution in [3.05, 3.63) is 70.6 Å². The average molecular weight is 382 g/mol. The number of carbonyl (C=O) groups excluding carboxylic acids is 1. The summed E-state index contributed by atoms with van der Waals surface area (Å²) in [5, 5.41) is 17.8. The Morgan fingerprint density at radius 2 is 1.89 bits per heavy atom. The molecule has 0 fully saturated rings. The number of esters is 1. The molecule has 9 heteroatoms. The summed E-state index contributed by atoms with van der Waals surface area (Å²) < 4.78 is 10.2. The minimum atomic E-state index is -0.454. The van der Waals surface area contributed by atoms with Crippen molar-refractivity contribution in [2.24, 2.45) is 0 Å². The second-order valence-corrected chi connectivity index (χ2v) is 5.84. The molecule has 1 N–H and O–H groups in total. The second kappa shape index (κ2) is 9.26. The van der Waals surface area contributed by atoms with Crippen molar-refractivity contribution in [2.75, 3.05) is 11.9 Å². The van der Waals surface area contributed by atoms with Crippen LogP contribution in [-0.2, 0) is 16.1 Å². The van der Waals surface area contributed by atoms with E-state index in [0.717, 1.165) is 5.56 Å². The molecule has 0 amide bonds. The summed E-state index contributed by atoms with van der Waals surface area (Å²) in [7, 11) is 0. The lowest BCUT2D eigenvalue weighted by atomic mass is 10.2. The van der Waals surface area contributed by atoms with Crippen molar-refractivity contribution in [3.8, 4) is 11.4 Å². The van der Waals surface area contributed by atoms with Gasteiger partial charge in [-0.25, -0.2) is 0 Å². The topological polar surface area (TPSA) is 120 Å². The number of carbonyl (C=O) groups is 1. The third-order valence-corrected chi connectivity index (χ3v) is 3.83. The lowest BCUT2D eigenvalue weighted by molar-refractivity contribution is -0.384. The van der Waals surface area contributed by atoms with E-state index >= 15 is 0 Å². The number of nitrogens with zero attached hydrogens (tertiary/aromatic N) is 3. The maximum absolute atomic E-state index is 11.8. The van der Waals surface area contributed by atoms with Gasteiger partial charge in [0.25, 0.3) is 11.6 Å². The fourth-order valence-corrected chi connectivity index (χ4v) is 2.47. The van der Waals surface area contributed by atoms with E-state index in [1.807, 2.05) is 30.3 Å². The van der Waals surface area contributed by atoms with Crippen LogP contribution in [0.2, 0.25) is 0 Å². The monoisotopic (exact) mass is 382 g/mol. The van der Waals surface area contributed by atoms with Crippen LogP contribution in [-0.4, -0.2) is 27.6 Å². The van der Waals surface area contributed by atoms with Crippen molar-refractivity contribution in [3.63, 3.8) is 0 Å². The Kier molecular flexibility index (Phi) is 6.29. The van der Waals surface area contributed by atoms with Crippen LogP contribution in [0.1, 0.15) is 18.7 Å². The smallest absolute Gasteiger partial charge is 0.306 e. The van der Waals surface area contributed by atoms with Crippen LogP contribution in [0, 0.1) is 10.1 Å². The Bertz CT molecular complexity index is 942. The van der Waals surface area contributed by atoms with E-state index in [4.69, 9.17) is 9.26 Å². The number of hydrogen-bond acceptors (Lipinski definition) is 8. The zero-order valence-corrected chi connectivity index (χ0v) is 14.9. The van der Waals surface area contributed by atoms with Crippen molar-refractivity contribution in [1.82, 2.24) is 10.1 Å². The highest BCUT2D eigenvalue weighted by Gasteiger charge is 2.13. The molecule has 0 aliphatic rings. The number of aromatic nitrogens is 2. The molecule has 1 heterocycles. The van der Waals surface area contributed by atoms with Crippen LogP contribution in [0.15, 0.2) is 59.1 Å². The summed E-state index contributed by atoms with van der Waals surface area (Å²) in [4.78, 5) is 26.5. The molecule has 0 saturated carbocycles. The predicted molar refractivity (Wildman–Crippen MR) is 100 cm³/mol. The molecule has 3 aromatic rings. The zero-order valence-electron chi connectivity index (χ0n) is 14.9. The van der Waals surface area contributed by atoms with Crippen molar-refractivity contribution < 1.29 is 19.0 Å². The Labute approximate surface area is 160 Å². The molecular weight excluding hydrogens is 364 g/mol. The quantitative estimate of drug-likeness (QED) is 0.258. The Hall–Kier alpha value is -3.75. The lowest BCUT2D eigenvalue weighted by Crippen LogP contribution is -2.09. The predicted octanol–water partition coefficient (Wildman–Crippen LogP) is 3.58. The standard InChI is InChI=1S/C19H18N4O5/c24-18(11-6-12-20-15-9-4-5-10-16(15)23(25)26)27-13-17-21-19(22-28-17)14-7-2-1-3-8-14/h1-5,7-10,20H,6,11-13H2. The third-order valence-electron chi connectivity index (χ3n) is 3.83. The van der Waals surface area contributed by atoms with Gasteiger partial charge >= 0.3 is 5.97 Å². The lowest BCUT2D eigenvalue weighted by Gasteiger charge is -2.06. The van der Waals surface area contributed by atoms with E-state index in [9.17, 15) is 14.9 Å². The van der Waals surface area contributed by atoms with E-state index in [2.05, 4.69) is 15.5 Å². The van der Waals surface area contributed by atoms with Crippen LogP contribution >= 0.6 is 0 Å². The normalized spacial score (nSPS) is 10.4. The van der Waals surface area contributed by atoms with E-state index < -0.39 is 10.9 Å². The summed E-state index contributed by atoms with van der Waals surface area (Å²) in [6.45, 7) is 0.301. The highest BCUT2D eigenvalue weighted by Crippen LogP contribution is 2.23. The Morgan fingerprint density at radius 1 is 1.14 bits per heavy atom. The van der Waals surface area contributed by atoms with Crippen LogP contribution in [0.3, 0.4) is 0 Å². The van der Waals surface area contributed by atoms with Gasteiger partial charge in [-0.1, -0.05) is 47.6 Å². The Balaban J connectivity index is 1.40. The van der Waals surface area contributed by atoms with Gasteiger partial charge in [0.2, 0.25) is 5.82 Å². The van der Waals surface area contributed by atoms with Gasteiger partial charge in [-0.15, -0.1) is 0 Å². The number of hydrogen-bond donors (Lipinski definition) is 1. The van der Waals surface area contributed by atoms with Crippen molar-refractivity contribution >= 4 is 17.3 Å². The van der Waals surface area contributed by atoms with Gasteiger partial charge in [-0.2, -0.15) is 4.98 Å². The maximum Gasteiger partial charge on any atom is 0.306 e. The first-order chi connectivity index (χ1) is 13.6. The number of nitrogens with one attached hydrogen (secondary N) is 1. The van der Waals surface area contributed by atoms with E-state index in [1.54, 1.807) is 18.2 Å². The Morgan fingerprint density at radius 3 is 2.68 bits per heavy atom. The summed E-state index contributed by atoms with van der Waals surface area (Å²) in [5.41, 5.74) is 1.22. The average Bonchev–Trinajstić information content (AvgIpc) is 3.20. The first-order valence-electron chi connectivity index (χ1n) is 8.64. The van der Waals surface area contributed by atoms with Crippen LogP contribution in [0.25, 0.3) is 11.4 Å². The summed E-state index contributed by atoms with van der Waals surface area (Å²) in [6, 6.07) is 15.7. The summed E-state index contributed by atoms with van der Waals surface area (Å²) in [5.74, 6) is 0.231. The van der Waals surface area contributed by atoms with Gasteiger partial charge in [-0.3, -0.25) is 14.9 Å². The number of nitro benzene ring substituents is 1. The highest BCUT2D eigenvalue weighted by molar-refractivity contribution is 5.69. The van der Waals surface area contributed by atoms with Crippen LogP contribution < -0.4 is 5.32 Å². The van der Waals surface area contributed by atoms with Gasteiger partial charge in [0, 0.05) is 24.6 Å². The number of anilines is 1. The second-order valence-electron chi connectivity index (χ2n) is 5.84. The molecule has 2 aromatic carbocycles. The van der Waals surface area contributed by atoms with Crippen LogP contribution in [0.5, 0.6) is 0 Å². The number of para-hydroxylation sites is 2. The van der Waals surface area contributed by atoms with E-state index in [1.165, 1.54) is 6.07 Å². The molecule has 3 rings (SSSR count). The zero-order chi connectivity index (χ0) is 19.8. The molecule has 0 radical (unpaired) electrons. The maximum atomic E-state index is 11.8. The molecular formula is C19H18N4O5. The molecule has 144 valence electrons. The molecule has 0 spiro atoms. The van der Waals surface area contributed by atoms with Gasteiger partial charge in [-0.05, 0) is 12.5 Å². The van der Waals surface area contributed by atoms with Gasteiger partial charge in [0.05, 0.1) is 4.92 Å². The van der Waals surface area contributed by atoms with Gasteiger partial charge < -0.3 is 14.6 Å². The number of benzene rings is 2. The molecule has 0 bridgehead atoms. The molecule has 0 aliphatic heterocycles. The number of ether oxygens (including phenoxy) is 1. The SMILES string of the molecule is O=C(CCCNc1ccccc1[N+](=O)[O-])OCc1nc(-c2ccccc2)no1. The van der Waals surface area contributed by atoms with Crippen molar-refractivity contribution in [1.29, 1.82) is 0 Å². The molecule has 1 aromatic heterocycles. The molecule has 28 heavy (non-hydrogen) atoms. The summed E-state index contributed by atoms with van der Waals surface area (Å²) >= 11 is 0. The molecule has 0 aliphatic carbocycles. The van der Waals surface area contributed by atoms with E-state index in [-0.39, 0.29) is 24.6 Å². The summed E-state index contributed by atoms with van der Waals surface area (Å²) in [6.07, 6.45) is 0.622. The van der Waals surface area contributed by atoms with Crippen LogP contribution in [0.4, 0.5) is 11.4 Å². The van der Waals surface area contributed by atoms with Gasteiger partial charge in [0.15, 0.2) is 6.61 Å². The minimum absolute atomic E-state index is 0.00399. The number of nitro groups is 1. The first-order valence-corrected chi connectivity index (χ1v) is 8.64. The third kappa shape index (κ3) is 5.13. The molecule has 0 atom stereocenters. The number of rotatable bonds is 9. The minimum Gasteiger partial charge on any atom is -0.456 e. The van der Waals surface area contributed by atoms with E-state index in [0.29, 0.717) is 24.5 Å². The molecule has 0 unspecified atom stereocenters. The first kappa shape index (κ1) is 19.0. The largest absolute Gasteiger partial charge is 0.456 e. The molecule has 9 nitrogen and oxygen atoms in total. The van der Waals surface area contributed by atoms with Crippen molar-refractivity contribution in [2.45, 2.75) is 19.4 Å². The highest BCUT2D eigenvalue weighted by atomic mass is 16.6. The molecule has 0 saturated heterocycles. The van der Waals surface area contributed by atoms with Gasteiger partial charge in [0.1, 0.15) is 5.69 Å². The fourth-order valence-electron chi connectivity index (χ4n) is 2.47.